The second kappa shape index (κ2) is 5.61. The van der Waals surface area contributed by atoms with Gasteiger partial charge in [0.25, 0.3) is 10.2 Å². The third-order valence-electron chi connectivity index (χ3n) is 2.64. The van der Waals surface area contributed by atoms with Crippen LogP contribution in [-0.4, -0.2) is 21.0 Å². The Labute approximate surface area is 113 Å². The minimum atomic E-state index is -3.53. The molecule has 1 saturated carbocycles. The first-order valence-electron chi connectivity index (χ1n) is 6.10. The third kappa shape index (κ3) is 4.24. The van der Waals surface area contributed by atoms with Crippen molar-refractivity contribution in [2.24, 2.45) is 5.73 Å². The number of nitrogens with two attached hydrogens (primary N) is 1. The van der Waals surface area contributed by atoms with Crippen molar-refractivity contribution < 1.29 is 8.42 Å². The van der Waals surface area contributed by atoms with Crippen LogP contribution in [-0.2, 0) is 10.2 Å². The summed E-state index contributed by atoms with van der Waals surface area (Å²) < 4.78 is 28.9. The van der Waals surface area contributed by atoms with E-state index in [-0.39, 0.29) is 12.6 Å². The summed E-state index contributed by atoms with van der Waals surface area (Å²) in [6.07, 6.45) is 1.79. The molecule has 6 heteroatoms. The highest BCUT2D eigenvalue weighted by atomic mass is 32.2. The van der Waals surface area contributed by atoms with Crippen molar-refractivity contribution in [3.05, 3.63) is 29.3 Å². The summed E-state index contributed by atoms with van der Waals surface area (Å²) in [6.45, 7) is 2.13. The highest BCUT2D eigenvalue weighted by molar-refractivity contribution is 7.90. The lowest BCUT2D eigenvalue weighted by Crippen LogP contribution is -2.32. The first-order valence-corrected chi connectivity index (χ1v) is 7.58. The number of nitrogens with one attached hydrogen (secondary N) is 2. The van der Waals surface area contributed by atoms with E-state index in [2.05, 4.69) is 21.3 Å². The van der Waals surface area contributed by atoms with Gasteiger partial charge in [-0.1, -0.05) is 17.9 Å². The second-order valence-corrected chi connectivity index (χ2v) is 6.00. The quantitative estimate of drug-likeness (QED) is 0.710. The number of anilines is 1. The van der Waals surface area contributed by atoms with E-state index in [1.165, 1.54) is 0 Å². The molecule has 1 aromatic carbocycles. The van der Waals surface area contributed by atoms with Gasteiger partial charge in [0.15, 0.2) is 0 Å². The maximum atomic E-state index is 11.9. The first kappa shape index (κ1) is 13.9. The predicted molar refractivity (Wildman–Crippen MR) is 75.8 cm³/mol. The van der Waals surface area contributed by atoms with Gasteiger partial charge in [-0.05, 0) is 37.5 Å². The third-order valence-corrected chi connectivity index (χ3v) is 3.78. The smallest absolute Gasteiger partial charge is 0.299 e. The van der Waals surface area contributed by atoms with Gasteiger partial charge in [0.2, 0.25) is 0 Å². The van der Waals surface area contributed by atoms with E-state index in [0.717, 1.165) is 18.4 Å². The summed E-state index contributed by atoms with van der Waals surface area (Å²) in [7, 11) is -3.53. The standard InChI is InChI=1S/C13H17N3O2S/c1-10-4-5-11(3-2-8-14)13(9-10)16-19(17,18)15-12-6-7-12/h4-5,9,12,15-16H,6-8,14H2,1H3. The van der Waals surface area contributed by atoms with Crippen molar-refractivity contribution in [1.29, 1.82) is 0 Å². The molecule has 0 spiro atoms. The molecule has 0 aliphatic heterocycles. The molecule has 2 rings (SSSR count). The van der Waals surface area contributed by atoms with Crippen LogP contribution in [0.4, 0.5) is 5.69 Å². The van der Waals surface area contributed by atoms with Crippen LogP contribution in [0.25, 0.3) is 0 Å². The fourth-order valence-corrected chi connectivity index (χ4v) is 2.78. The number of rotatable bonds is 4. The maximum absolute atomic E-state index is 11.9. The molecule has 0 unspecified atom stereocenters. The van der Waals surface area contributed by atoms with Gasteiger partial charge in [-0.15, -0.1) is 0 Å². The molecule has 5 nitrogen and oxygen atoms in total. The normalized spacial score (nSPS) is 14.6. The van der Waals surface area contributed by atoms with Gasteiger partial charge < -0.3 is 5.73 Å². The molecule has 1 fully saturated rings. The van der Waals surface area contributed by atoms with Crippen molar-refractivity contribution in [2.45, 2.75) is 25.8 Å². The highest BCUT2D eigenvalue weighted by Gasteiger charge is 2.27. The highest BCUT2D eigenvalue weighted by Crippen LogP contribution is 2.22. The molecule has 0 bridgehead atoms. The summed E-state index contributed by atoms with van der Waals surface area (Å²) in [5, 5.41) is 0. The van der Waals surface area contributed by atoms with Crippen LogP contribution in [0.15, 0.2) is 18.2 Å². The molecular weight excluding hydrogens is 262 g/mol. The molecule has 0 radical (unpaired) electrons. The molecule has 0 atom stereocenters. The SMILES string of the molecule is Cc1ccc(C#CCN)c(NS(=O)(=O)NC2CC2)c1. The molecule has 4 N–H and O–H groups in total. The molecule has 0 aromatic heterocycles. The Morgan fingerprint density at radius 1 is 1.42 bits per heavy atom. The Morgan fingerprint density at radius 2 is 2.16 bits per heavy atom. The summed E-state index contributed by atoms with van der Waals surface area (Å²) >= 11 is 0. The van der Waals surface area contributed by atoms with E-state index in [0.29, 0.717) is 11.3 Å². The zero-order valence-corrected chi connectivity index (χ0v) is 11.5. The van der Waals surface area contributed by atoms with Gasteiger partial charge in [-0.2, -0.15) is 13.1 Å². The van der Waals surface area contributed by atoms with Crippen LogP contribution in [0.3, 0.4) is 0 Å². The number of benzene rings is 1. The average molecular weight is 279 g/mol. The number of hydrogen-bond donors (Lipinski definition) is 3. The zero-order chi connectivity index (χ0) is 13.9. The molecule has 0 saturated heterocycles. The van der Waals surface area contributed by atoms with Crippen molar-refractivity contribution in [2.75, 3.05) is 11.3 Å². The Hall–Kier alpha value is -1.55. The second-order valence-electron chi connectivity index (χ2n) is 4.55. The lowest BCUT2D eigenvalue weighted by molar-refractivity contribution is 0.586. The Kier molecular flexibility index (Phi) is 4.10. The number of aryl methyl sites for hydroxylation is 1. The maximum Gasteiger partial charge on any atom is 0.299 e. The average Bonchev–Trinajstić information content (AvgIpc) is 3.10. The summed E-state index contributed by atoms with van der Waals surface area (Å²) in [5.41, 5.74) is 7.40. The van der Waals surface area contributed by atoms with Crippen LogP contribution in [0.5, 0.6) is 0 Å². The van der Waals surface area contributed by atoms with E-state index >= 15 is 0 Å². The largest absolute Gasteiger partial charge is 0.320 e. The van der Waals surface area contributed by atoms with Gasteiger partial charge >= 0.3 is 0 Å². The van der Waals surface area contributed by atoms with Crippen LogP contribution in [0, 0.1) is 18.8 Å². The fourth-order valence-electron chi connectivity index (χ4n) is 1.59. The van der Waals surface area contributed by atoms with Crippen molar-refractivity contribution in [1.82, 2.24) is 4.72 Å². The van der Waals surface area contributed by atoms with E-state index in [9.17, 15) is 8.42 Å². The van der Waals surface area contributed by atoms with E-state index in [1.54, 1.807) is 12.1 Å². The lowest BCUT2D eigenvalue weighted by Gasteiger charge is -2.11. The summed E-state index contributed by atoms with van der Waals surface area (Å²) in [4.78, 5) is 0. The van der Waals surface area contributed by atoms with Gasteiger partial charge in [-0.3, -0.25) is 4.72 Å². The molecule has 19 heavy (non-hydrogen) atoms. The van der Waals surface area contributed by atoms with Crippen LogP contribution >= 0.6 is 0 Å². The monoisotopic (exact) mass is 279 g/mol. The lowest BCUT2D eigenvalue weighted by atomic mass is 10.1. The van der Waals surface area contributed by atoms with E-state index < -0.39 is 10.2 Å². The minimum Gasteiger partial charge on any atom is -0.320 e. The molecule has 1 aliphatic carbocycles. The predicted octanol–water partition coefficient (Wildman–Crippen LogP) is 0.714. The fraction of sp³-hybridized carbons (Fsp3) is 0.385. The topological polar surface area (TPSA) is 84.2 Å². The summed E-state index contributed by atoms with van der Waals surface area (Å²) in [5.74, 6) is 5.59. The van der Waals surface area contributed by atoms with Crippen molar-refractivity contribution in [3.63, 3.8) is 0 Å². The Balaban J connectivity index is 2.24. The van der Waals surface area contributed by atoms with Crippen molar-refractivity contribution >= 4 is 15.9 Å². The first-order chi connectivity index (χ1) is 9.00. The zero-order valence-electron chi connectivity index (χ0n) is 10.7. The van der Waals surface area contributed by atoms with Gasteiger partial charge in [0.1, 0.15) is 0 Å². The van der Waals surface area contributed by atoms with E-state index in [1.807, 2.05) is 13.0 Å². The van der Waals surface area contributed by atoms with Gasteiger partial charge in [0.05, 0.1) is 12.2 Å². The Bertz CT molecular complexity index is 625. The Morgan fingerprint density at radius 3 is 2.79 bits per heavy atom. The molecule has 102 valence electrons. The van der Waals surface area contributed by atoms with Crippen LogP contribution < -0.4 is 15.2 Å². The number of hydrogen-bond acceptors (Lipinski definition) is 3. The van der Waals surface area contributed by atoms with Crippen molar-refractivity contribution in [3.8, 4) is 11.8 Å². The van der Waals surface area contributed by atoms with Gasteiger partial charge in [-0.25, -0.2) is 0 Å². The molecule has 1 aliphatic rings. The van der Waals surface area contributed by atoms with Crippen LogP contribution in [0.1, 0.15) is 24.0 Å². The van der Waals surface area contributed by atoms with E-state index in [4.69, 9.17) is 5.73 Å². The molecular formula is C13H17N3O2S. The molecule has 1 aromatic rings. The summed E-state index contributed by atoms with van der Waals surface area (Å²) in [6, 6.07) is 5.49. The molecule has 0 amide bonds. The van der Waals surface area contributed by atoms with Crippen LogP contribution in [0.2, 0.25) is 0 Å². The minimum absolute atomic E-state index is 0.0703. The molecule has 0 heterocycles. The van der Waals surface area contributed by atoms with Gasteiger partial charge in [0, 0.05) is 11.6 Å².